The number of carbonyl (C=O) groups excluding carboxylic acids is 2. The number of hydrogen-bond donors (Lipinski definition) is 3. The Morgan fingerprint density at radius 1 is 1.07 bits per heavy atom. The number of amides is 2. The molecule has 1 aromatic heterocycles. The summed E-state index contributed by atoms with van der Waals surface area (Å²) in [7, 11) is 1.91. The van der Waals surface area contributed by atoms with Crippen LogP contribution in [0.15, 0.2) is 73.1 Å². The minimum absolute atomic E-state index is 0.196. The fourth-order valence-electron chi connectivity index (χ4n) is 6.18. The van der Waals surface area contributed by atoms with Crippen LogP contribution >= 0.6 is 11.6 Å². The van der Waals surface area contributed by atoms with Gasteiger partial charge in [-0.1, -0.05) is 43.7 Å². The molecule has 1 aliphatic rings. The highest BCUT2D eigenvalue weighted by atomic mass is 35.5. The summed E-state index contributed by atoms with van der Waals surface area (Å²) >= 11 is 6.60. The number of aromatic nitrogens is 2. The molecule has 5 rings (SSSR count). The molecule has 0 atom stereocenters. The van der Waals surface area contributed by atoms with E-state index in [1.807, 2.05) is 41.9 Å². The van der Waals surface area contributed by atoms with E-state index >= 15 is 0 Å². The lowest BCUT2D eigenvalue weighted by molar-refractivity contribution is -0.111. The summed E-state index contributed by atoms with van der Waals surface area (Å²) in [5, 5.41) is 19.5. The number of carbonyl (C=O) groups is 2. The summed E-state index contributed by atoms with van der Waals surface area (Å²) in [4.78, 5) is 32.7. The average molecular weight is 638 g/mol. The maximum absolute atomic E-state index is 13.1. The molecule has 3 aromatic carbocycles. The van der Waals surface area contributed by atoms with Gasteiger partial charge in [-0.3, -0.25) is 9.59 Å². The second-order valence-corrected chi connectivity index (χ2v) is 12.0. The monoisotopic (exact) mass is 637 g/mol. The van der Waals surface area contributed by atoms with Crippen molar-refractivity contribution >= 4 is 45.8 Å². The maximum atomic E-state index is 13.1. The molecule has 10 heteroatoms. The van der Waals surface area contributed by atoms with Gasteiger partial charge in [-0.2, -0.15) is 5.26 Å². The second-order valence-electron chi connectivity index (χ2n) is 11.6. The first-order valence-corrected chi connectivity index (χ1v) is 16.2. The SMILES string of the molecule is CCN(CC)C1CCC(NC/C=C/C(=O)Nc2ccc(C(=O)Nc3cccc(-c4cc5ncn(C)c5cc4Cl)c3)cc2C#N)CC1. The number of aryl methyl sites for hydroxylation is 1. The molecule has 1 aliphatic carbocycles. The van der Waals surface area contributed by atoms with Gasteiger partial charge in [0, 0.05) is 48.6 Å². The van der Waals surface area contributed by atoms with E-state index in [0.717, 1.165) is 48.1 Å². The van der Waals surface area contributed by atoms with E-state index in [1.54, 1.807) is 30.6 Å². The van der Waals surface area contributed by atoms with Crippen molar-refractivity contribution in [1.29, 1.82) is 5.26 Å². The number of fused-ring (bicyclic) bond motifs is 1. The molecule has 0 bridgehead atoms. The number of anilines is 2. The van der Waals surface area contributed by atoms with Crippen LogP contribution in [0.25, 0.3) is 22.2 Å². The summed E-state index contributed by atoms with van der Waals surface area (Å²) in [6.45, 7) is 7.23. The Hall–Kier alpha value is -4.49. The lowest BCUT2D eigenvalue weighted by atomic mass is 9.90. The number of imidazole rings is 1. The molecule has 1 heterocycles. The van der Waals surface area contributed by atoms with Gasteiger partial charge in [-0.15, -0.1) is 0 Å². The van der Waals surface area contributed by atoms with E-state index in [4.69, 9.17) is 11.6 Å². The van der Waals surface area contributed by atoms with Crippen molar-refractivity contribution in [3.05, 3.63) is 89.2 Å². The molecule has 2 amide bonds. The fourth-order valence-corrected chi connectivity index (χ4v) is 6.45. The van der Waals surface area contributed by atoms with E-state index < -0.39 is 0 Å². The molecule has 238 valence electrons. The van der Waals surface area contributed by atoms with Gasteiger partial charge in [0.15, 0.2) is 0 Å². The first-order chi connectivity index (χ1) is 22.3. The van der Waals surface area contributed by atoms with Crippen LogP contribution in [0.1, 0.15) is 55.5 Å². The van der Waals surface area contributed by atoms with Crippen LogP contribution in [0.5, 0.6) is 0 Å². The fraction of sp³-hybridized carbons (Fsp3) is 0.333. The van der Waals surface area contributed by atoms with Crippen molar-refractivity contribution < 1.29 is 9.59 Å². The van der Waals surface area contributed by atoms with E-state index in [9.17, 15) is 14.9 Å². The van der Waals surface area contributed by atoms with Crippen molar-refractivity contribution in [1.82, 2.24) is 19.8 Å². The summed E-state index contributed by atoms with van der Waals surface area (Å²) in [5.41, 5.74) is 4.80. The molecule has 1 saturated carbocycles. The highest BCUT2D eigenvalue weighted by molar-refractivity contribution is 6.34. The van der Waals surface area contributed by atoms with Gasteiger partial charge in [0.2, 0.25) is 5.91 Å². The number of nitrogens with zero attached hydrogens (tertiary/aromatic N) is 4. The molecule has 0 aliphatic heterocycles. The third-order valence-electron chi connectivity index (χ3n) is 8.72. The van der Waals surface area contributed by atoms with E-state index in [2.05, 4.69) is 45.8 Å². The molecule has 0 unspecified atom stereocenters. The van der Waals surface area contributed by atoms with Gasteiger partial charge in [-0.05, 0) is 86.8 Å². The lowest BCUT2D eigenvalue weighted by Gasteiger charge is -2.36. The third kappa shape index (κ3) is 7.83. The zero-order chi connectivity index (χ0) is 32.6. The Morgan fingerprint density at radius 2 is 1.85 bits per heavy atom. The maximum Gasteiger partial charge on any atom is 0.255 e. The largest absolute Gasteiger partial charge is 0.334 e. The van der Waals surface area contributed by atoms with Crippen LogP contribution in [0, 0.1) is 11.3 Å². The second kappa shape index (κ2) is 15.2. The Morgan fingerprint density at radius 3 is 2.59 bits per heavy atom. The highest BCUT2D eigenvalue weighted by Crippen LogP contribution is 2.33. The normalized spacial score (nSPS) is 16.5. The molecule has 4 aromatic rings. The Balaban J connectivity index is 1.15. The van der Waals surface area contributed by atoms with Crippen LogP contribution in [0.3, 0.4) is 0 Å². The molecule has 0 spiro atoms. The van der Waals surface area contributed by atoms with Gasteiger partial charge < -0.3 is 25.4 Å². The first-order valence-electron chi connectivity index (χ1n) is 15.8. The van der Waals surface area contributed by atoms with Gasteiger partial charge in [-0.25, -0.2) is 4.98 Å². The predicted octanol–water partition coefficient (Wildman–Crippen LogP) is 6.75. The standard InChI is InChI=1S/C36H40ClN7O2/c1-4-44(5-2)29-14-12-27(13-15-29)39-17-7-10-35(45)42-32-16-11-25(18-26(32)22-38)36(46)41-28-9-6-8-24(19-28)30-20-33-34(21-31(30)37)43(3)23-40-33/h6-11,16,18-21,23,27,29,39H,4-5,12-15,17H2,1-3H3,(H,41,46)(H,42,45)/b10-7+. The zero-order valence-corrected chi connectivity index (χ0v) is 27.3. The van der Waals surface area contributed by atoms with Crippen LogP contribution in [0.4, 0.5) is 11.4 Å². The Labute approximate surface area is 275 Å². The summed E-state index contributed by atoms with van der Waals surface area (Å²) in [6.07, 6.45) is 9.67. The summed E-state index contributed by atoms with van der Waals surface area (Å²) < 4.78 is 1.91. The minimum atomic E-state index is -0.380. The van der Waals surface area contributed by atoms with Gasteiger partial charge in [0.05, 0.1) is 33.6 Å². The van der Waals surface area contributed by atoms with E-state index in [1.165, 1.54) is 25.0 Å². The van der Waals surface area contributed by atoms with Crippen molar-refractivity contribution in [3.8, 4) is 17.2 Å². The number of halogens is 1. The van der Waals surface area contributed by atoms with Crippen LogP contribution in [0.2, 0.25) is 5.02 Å². The zero-order valence-electron chi connectivity index (χ0n) is 26.5. The quantitative estimate of drug-likeness (QED) is 0.157. The smallest absolute Gasteiger partial charge is 0.255 e. The molecule has 1 fully saturated rings. The topological polar surface area (TPSA) is 115 Å². The molecule has 9 nitrogen and oxygen atoms in total. The molecule has 0 saturated heterocycles. The Bertz CT molecular complexity index is 1780. The summed E-state index contributed by atoms with van der Waals surface area (Å²) in [6, 6.07) is 19.0. The summed E-state index contributed by atoms with van der Waals surface area (Å²) in [5.74, 6) is -0.713. The van der Waals surface area contributed by atoms with E-state index in [0.29, 0.717) is 40.6 Å². The van der Waals surface area contributed by atoms with Crippen molar-refractivity contribution in [2.24, 2.45) is 7.05 Å². The van der Waals surface area contributed by atoms with E-state index in [-0.39, 0.29) is 17.4 Å². The van der Waals surface area contributed by atoms with Crippen molar-refractivity contribution in [2.45, 2.75) is 51.6 Å². The number of nitriles is 1. The molecular formula is C36H40ClN7O2. The van der Waals surface area contributed by atoms with Crippen molar-refractivity contribution in [3.63, 3.8) is 0 Å². The lowest BCUT2D eigenvalue weighted by Crippen LogP contribution is -2.42. The number of benzene rings is 3. The predicted molar refractivity (Wildman–Crippen MR) is 185 cm³/mol. The molecule has 0 radical (unpaired) electrons. The first kappa shape index (κ1) is 32.9. The van der Waals surface area contributed by atoms with Crippen LogP contribution < -0.4 is 16.0 Å². The van der Waals surface area contributed by atoms with Crippen LogP contribution in [-0.4, -0.2) is 58.0 Å². The van der Waals surface area contributed by atoms with Gasteiger partial charge >= 0.3 is 0 Å². The third-order valence-corrected chi connectivity index (χ3v) is 9.04. The van der Waals surface area contributed by atoms with Crippen molar-refractivity contribution in [2.75, 3.05) is 30.3 Å². The van der Waals surface area contributed by atoms with Gasteiger partial charge in [0.25, 0.3) is 5.91 Å². The Kier molecular flexibility index (Phi) is 10.9. The highest BCUT2D eigenvalue weighted by Gasteiger charge is 2.23. The number of nitrogens with one attached hydrogen (secondary N) is 3. The van der Waals surface area contributed by atoms with Gasteiger partial charge in [0.1, 0.15) is 6.07 Å². The number of rotatable bonds is 11. The molecule has 3 N–H and O–H groups in total. The molecular weight excluding hydrogens is 598 g/mol. The molecule has 46 heavy (non-hydrogen) atoms. The number of hydrogen-bond acceptors (Lipinski definition) is 6. The van der Waals surface area contributed by atoms with Crippen LogP contribution in [-0.2, 0) is 11.8 Å². The minimum Gasteiger partial charge on any atom is -0.334 e. The average Bonchev–Trinajstić information content (AvgIpc) is 3.43.